The average molecular weight is 311 g/mol. The van der Waals surface area contributed by atoms with Gasteiger partial charge in [0.2, 0.25) is 0 Å². The third kappa shape index (κ3) is 3.47. The summed E-state index contributed by atoms with van der Waals surface area (Å²) in [4.78, 5) is 1.68. The number of aryl methyl sites for hydroxylation is 1. The van der Waals surface area contributed by atoms with Crippen LogP contribution in [0.2, 0.25) is 5.02 Å². The molecular formula is C14H15ClN2S2. The lowest BCUT2D eigenvalue weighted by Crippen LogP contribution is -2.10. The maximum atomic E-state index is 6.14. The van der Waals surface area contributed by atoms with Crippen LogP contribution in [0.15, 0.2) is 29.6 Å². The van der Waals surface area contributed by atoms with Crippen molar-refractivity contribution in [2.24, 2.45) is 5.73 Å². The van der Waals surface area contributed by atoms with E-state index >= 15 is 0 Å². The molecule has 2 rings (SSSR count). The van der Waals surface area contributed by atoms with Crippen LogP contribution in [0.25, 0.3) is 0 Å². The van der Waals surface area contributed by atoms with Crippen molar-refractivity contribution in [1.29, 1.82) is 0 Å². The van der Waals surface area contributed by atoms with Crippen LogP contribution in [0.1, 0.15) is 22.9 Å². The number of thiocarbonyl (C=S) groups is 1. The Labute approximate surface area is 127 Å². The summed E-state index contributed by atoms with van der Waals surface area (Å²) < 4.78 is 0. The van der Waals surface area contributed by atoms with Gasteiger partial charge in [-0.25, -0.2) is 0 Å². The second-order valence-corrected chi connectivity index (χ2v) is 5.98. The SMILES string of the molecule is CCc1ccsc1CNc1ccc(C(N)=S)c(Cl)c1. The third-order valence-electron chi connectivity index (χ3n) is 2.91. The summed E-state index contributed by atoms with van der Waals surface area (Å²) in [7, 11) is 0. The largest absolute Gasteiger partial charge is 0.389 e. The van der Waals surface area contributed by atoms with Crippen LogP contribution >= 0.6 is 35.2 Å². The number of rotatable bonds is 5. The van der Waals surface area contributed by atoms with E-state index < -0.39 is 0 Å². The standard InChI is InChI=1S/C14H15ClN2S2/c1-2-9-5-6-19-13(9)8-17-10-3-4-11(14(16)18)12(15)7-10/h3-7,17H,2,8H2,1H3,(H2,16,18). The van der Waals surface area contributed by atoms with Gasteiger partial charge in [0.05, 0.1) is 5.02 Å². The molecule has 0 aliphatic carbocycles. The maximum Gasteiger partial charge on any atom is 0.105 e. The van der Waals surface area contributed by atoms with E-state index in [0.717, 1.165) is 18.7 Å². The van der Waals surface area contributed by atoms with Crippen molar-refractivity contribution in [2.45, 2.75) is 19.9 Å². The minimum Gasteiger partial charge on any atom is -0.389 e. The molecule has 1 aromatic carbocycles. The molecule has 2 nitrogen and oxygen atoms in total. The molecule has 5 heteroatoms. The molecule has 19 heavy (non-hydrogen) atoms. The Balaban J connectivity index is 2.08. The molecule has 0 bridgehead atoms. The number of nitrogens with one attached hydrogen (secondary N) is 1. The van der Waals surface area contributed by atoms with E-state index in [9.17, 15) is 0 Å². The summed E-state index contributed by atoms with van der Waals surface area (Å²) in [5.74, 6) is 0. The third-order valence-corrected chi connectivity index (χ3v) is 4.40. The summed E-state index contributed by atoms with van der Waals surface area (Å²) >= 11 is 12.8. The number of hydrogen-bond donors (Lipinski definition) is 2. The number of halogens is 1. The Kier molecular flexibility index (Phi) is 4.80. The average Bonchev–Trinajstić information content (AvgIpc) is 2.83. The van der Waals surface area contributed by atoms with Crippen LogP contribution < -0.4 is 11.1 Å². The fourth-order valence-electron chi connectivity index (χ4n) is 1.84. The fraction of sp³-hybridized carbons (Fsp3) is 0.214. The van der Waals surface area contributed by atoms with E-state index in [2.05, 4.69) is 23.7 Å². The molecule has 0 saturated heterocycles. The van der Waals surface area contributed by atoms with Crippen molar-refractivity contribution in [2.75, 3.05) is 5.32 Å². The molecule has 0 atom stereocenters. The molecule has 0 fully saturated rings. The highest BCUT2D eigenvalue weighted by molar-refractivity contribution is 7.80. The molecule has 0 aliphatic heterocycles. The van der Waals surface area contributed by atoms with E-state index in [1.807, 2.05) is 18.2 Å². The van der Waals surface area contributed by atoms with Gasteiger partial charge in [-0.1, -0.05) is 30.7 Å². The zero-order valence-electron chi connectivity index (χ0n) is 10.6. The van der Waals surface area contributed by atoms with Gasteiger partial charge in [0.1, 0.15) is 4.99 Å². The second-order valence-electron chi connectivity index (χ2n) is 4.13. The first-order valence-corrected chi connectivity index (χ1v) is 7.67. The van der Waals surface area contributed by atoms with Crippen LogP contribution in [-0.2, 0) is 13.0 Å². The van der Waals surface area contributed by atoms with E-state index in [-0.39, 0.29) is 0 Å². The minimum atomic E-state index is 0.322. The highest BCUT2D eigenvalue weighted by atomic mass is 35.5. The van der Waals surface area contributed by atoms with Gasteiger partial charge < -0.3 is 11.1 Å². The first-order valence-electron chi connectivity index (χ1n) is 6.00. The van der Waals surface area contributed by atoms with Crippen molar-refractivity contribution in [3.63, 3.8) is 0 Å². The smallest absolute Gasteiger partial charge is 0.105 e. The van der Waals surface area contributed by atoms with Crippen molar-refractivity contribution in [3.8, 4) is 0 Å². The molecule has 2 aromatic rings. The quantitative estimate of drug-likeness (QED) is 0.812. The molecular weight excluding hydrogens is 296 g/mol. The van der Waals surface area contributed by atoms with E-state index in [1.54, 1.807) is 11.3 Å². The Bertz CT molecular complexity index is 593. The molecule has 0 unspecified atom stereocenters. The molecule has 0 saturated carbocycles. The highest BCUT2D eigenvalue weighted by Gasteiger charge is 2.06. The molecule has 1 aromatic heterocycles. The van der Waals surface area contributed by atoms with Crippen molar-refractivity contribution < 1.29 is 0 Å². The number of benzene rings is 1. The predicted molar refractivity (Wildman–Crippen MR) is 88.4 cm³/mol. The number of nitrogens with two attached hydrogens (primary N) is 1. The van der Waals surface area contributed by atoms with Gasteiger partial charge >= 0.3 is 0 Å². The Morgan fingerprint density at radius 2 is 2.21 bits per heavy atom. The van der Waals surface area contributed by atoms with Gasteiger partial charge in [-0.15, -0.1) is 11.3 Å². The lowest BCUT2D eigenvalue weighted by atomic mass is 10.2. The molecule has 0 amide bonds. The normalized spacial score (nSPS) is 10.4. The summed E-state index contributed by atoms with van der Waals surface area (Å²) in [6.45, 7) is 2.98. The van der Waals surface area contributed by atoms with Gasteiger partial charge in [-0.2, -0.15) is 0 Å². The Morgan fingerprint density at radius 3 is 2.84 bits per heavy atom. The molecule has 0 spiro atoms. The number of thiophene rings is 1. The lowest BCUT2D eigenvalue weighted by molar-refractivity contribution is 1.08. The van der Waals surface area contributed by atoms with Crippen molar-refractivity contribution in [1.82, 2.24) is 0 Å². The van der Waals surface area contributed by atoms with Gasteiger partial charge in [0, 0.05) is 22.7 Å². The summed E-state index contributed by atoms with van der Waals surface area (Å²) in [6.07, 6.45) is 1.06. The summed E-state index contributed by atoms with van der Waals surface area (Å²) in [5.41, 5.74) is 8.66. The van der Waals surface area contributed by atoms with Gasteiger partial charge in [0.25, 0.3) is 0 Å². The van der Waals surface area contributed by atoms with Crippen molar-refractivity contribution in [3.05, 3.63) is 50.7 Å². The number of hydrogen-bond acceptors (Lipinski definition) is 3. The van der Waals surface area contributed by atoms with Crippen LogP contribution in [-0.4, -0.2) is 4.99 Å². The summed E-state index contributed by atoms with van der Waals surface area (Å²) in [6, 6.07) is 7.82. The van der Waals surface area contributed by atoms with Gasteiger partial charge in [-0.3, -0.25) is 0 Å². The molecule has 100 valence electrons. The maximum absolute atomic E-state index is 6.14. The highest BCUT2D eigenvalue weighted by Crippen LogP contribution is 2.23. The molecule has 0 radical (unpaired) electrons. The van der Waals surface area contributed by atoms with Crippen LogP contribution in [0, 0.1) is 0 Å². The molecule has 3 N–H and O–H groups in total. The molecule has 0 aliphatic rings. The second kappa shape index (κ2) is 6.37. The fourth-order valence-corrected chi connectivity index (χ4v) is 3.28. The van der Waals surface area contributed by atoms with Crippen LogP contribution in [0.3, 0.4) is 0 Å². The number of anilines is 1. The minimum absolute atomic E-state index is 0.322. The predicted octanol–water partition coefficient (Wildman–Crippen LogP) is 4.21. The topological polar surface area (TPSA) is 38.0 Å². The first kappa shape index (κ1) is 14.3. The van der Waals surface area contributed by atoms with Gasteiger partial charge in [0.15, 0.2) is 0 Å². The lowest BCUT2D eigenvalue weighted by Gasteiger charge is -2.09. The van der Waals surface area contributed by atoms with Crippen LogP contribution in [0.5, 0.6) is 0 Å². The Morgan fingerprint density at radius 1 is 1.42 bits per heavy atom. The van der Waals surface area contributed by atoms with E-state index in [0.29, 0.717) is 15.6 Å². The molecule has 1 heterocycles. The van der Waals surface area contributed by atoms with E-state index in [4.69, 9.17) is 29.6 Å². The monoisotopic (exact) mass is 310 g/mol. The van der Waals surface area contributed by atoms with Gasteiger partial charge in [-0.05, 0) is 41.6 Å². The Hall–Kier alpha value is -1.10. The first-order chi connectivity index (χ1) is 9.11. The zero-order valence-corrected chi connectivity index (χ0v) is 13.0. The summed E-state index contributed by atoms with van der Waals surface area (Å²) in [5, 5.41) is 6.08. The zero-order chi connectivity index (χ0) is 13.8. The van der Waals surface area contributed by atoms with Crippen molar-refractivity contribution >= 4 is 45.8 Å². The van der Waals surface area contributed by atoms with E-state index in [1.165, 1.54) is 10.4 Å². The van der Waals surface area contributed by atoms with Crippen LogP contribution in [0.4, 0.5) is 5.69 Å².